The van der Waals surface area contributed by atoms with Crippen molar-refractivity contribution in [1.29, 1.82) is 5.26 Å². The van der Waals surface area contributed by atoms with Gasteiger partial charge in [0, 0.05) is 18.0 Å². The van der Waals surface area contributed by atoms with E-state index in [-0.39, 0.29) is 12.5 Å². The smallest absolute Gasteiger partial charge is 0.340 e. The topological polar surface area (TPSA) is 85.1 Å². The van der Waals surface area contributed by atoms with Crippen LogP contribution in [0.2, 0.25) is 0 Å². The van der Waals surface area contributed by atoms with Crippen molar-refractivity contribution in [1.82, 2.24) is 9.97 Å². The Hall–Kier alpha value is -3.01. The molecule has 0 saturated heterocycles. The number of nitrogens with zero attached hydrogens (tertiary/aromatic N) is 3. The summed E-state index contributed by atoms with van der Waals surface area (Å²) in [6.07, 6.45) is 14.0. The quantitative estimate of drug-likeness (QED) is 0.177. The first-order valence-electron chi connectivity index (χ1n) is 14.4. The fraction of sp³-hybridized carbons (Fsp3) is 0.613. The zero-order valence-corrected chi connectivity index (χ0v) is 23.0. The number of aromatic nitrogens is 2. The van der Waals surface area contributed by atoms with Gasteiger partial charge in [-0.3, -0.25) is 0 Å². The maximum atomic E-state index is 13.9. The van der Waals surface area contributed by atoms with E-state index in [1.54, 1.807) is 6.07 Å². The van der Waals surface area contributed by atoms with E-state index in [2.05, 4.69) is 23.0 Å². The molecule has 0 aliphatic heterocycles. The second-order valence-corrected chi connectivity index (χ2v) is 10.4. The van der Waals surface area contributed by atoms with Crippen molar-refractivity contribution in [2.75, 3.05) is 6.61 Å². The molecule has 0 N–H and O–H groups in total. The van der Waals surface area contributed by atoms with Gasteiger partial charge >= 0.3 is 5.97 Å². The molecule has 1 aliphatic carbocycles. The average molecular weight is 524 g/mol. The average Bonchev–Trinajstić information content (AvgIpc) is 2.95. The molecular formula is C31H42FN3O3. The summed E-state index contributed by atoms with van der Waals surface area (Å²) < 4.78 is 25.3. The van der Waals surface area contributed by atoms with Gasteiger partial charge in [0.1, 0.15) is 17.9 Å². The Morgan fingerprint density at radius 1 is 1.05 bits per heavy atom. The molecule has 0 radical (unpaired) electrons. The number of alkyl halides is 1. The third-order valence-electron chi connectivity index (χ3n) is 7.25. The largest absolute Gasteiger partial charge is 0.492 e. The molecule has 1 atom stereocenters. The highest BCUT2D eigenvalue weighted by Crippen LogP contribution is 2.30. The molecule has 1 aliphatic rings. The van der Waals surface area contributed by atoms with Crippen molar-refractivity contribution in [2.24, 2.45) is 5.92 Å². The van der Waals surface area contributed by atoms with Gasteiger partial charge in [0.05, 0.1) is 12.2 Å². The van der Waals surface area contributed by atoms with Crippen LogP contribution in [0.4, 0.5) is 4.39 Å². The minimum absolute atomic E-state index is 0.222. The van der Waals surface area contributed by atoms with Gasteiger partial charge in [0.25, 0.3) is 0 Å². The van der Waals surface area contributed by atoms with E-state index in [9.17, 15) is 14.4 Å². The molecular weight excluding hydrogens is 481 g/mol. The molecule has 1 fully saturated rings. The third-order valence-corrected chi connectivity index (χ3v) is 7.25. The van der Waals surface area contributed by atoms with Gasteiger partial charge in [0.2, 0.25) is 0 Å². The van der Waals surface area contributed by atoms with Crippen LogP contribution < -0.4 is 4.74 Å². The maximum absolute atomic E-state index is 13.9. The van der Waals surface area contributed by atoms with E-state index in [4.69, 9.17) is 9.47 Å². The number of carbonyl (C=O) groups is 1. The van der Waals surface area contributed by atoms with Crippen LogP contribution in [0.3, 0.4) is 0 Å². The molecule has 7 heteroatoms. The lowest BCUT2D eigenvalue weighted by Gasteiger charge is -2.28. The van der Waals surface area contributed by atoms with Crippen molar-refractivity contribution in [2.45, 2.75) is 110 Å². The fourth-order valence-electron chi connectivity index (χ4n) is 4.81. The Morgan fingerprint density at radius 3 is 2.45 bits per heavy atom. The number of unbranched alkanes of at least 4 members (excludes halogenated alkanes) is 5. The SMILES string of the molecule is CCCCCCCc1cnc(-c2ccc(OCC3CCC(OC(=O)[C@@H](F)CCCC)CC3)c(C#N)c2)nc1. The molecule has 2 aromatic rings. The first-order chi connectivity index (χ1) is 18.5. The van der Waals surface area contributed by atoms with Gasteiger partial charge in [-0.25, -0.2) is 19.2 Å². The number of rotatable bonds is 15. The van der Waals surface area contributed by atoms with Crippen LogP contribution in [-0.2, 0) is 16.0 Å². The van der Waals surface area contributed by atoms with Gasteiger partial charge in [-0.1, -0.05) is 52.4 Å². The van der Waals surface area contributed by atoms with Crippen LogP contribution in [-0.4, -0.2) is 34.8 Å². The highest BCUT2D eigenvalue weighted by Gasteiger charge is 2.27. The number of halogens is 1. The monoisotopic (exact) mass is 523 g/mol. The summed E-state index contributed by atoms with van der Waals surface area (Å²) in [6, 6.07) is 7.70. The van der Waals surface area contributed by atoms with E-state index in [0.29, 0.717) is 48.9 Å². The molecule has 0 unspecified atom stereocenters. The van der Waals surface area contributed by atoms with E-state index in [0.717, 1.165) is 43.2 Å². The number of esters is 1. The summed E-state index contributed by atoms with van der Waals surface area (Å²) in [7, 11) is 0. The molecule has 38 heavy (non-hydrogen) atoms. The molecule has 0 spiro atoms. The number of nitriles is 1. The van der Waals surface area contributed by atoms with Crippen LogP contribution in [0.1, 0.15) is 102 Å². The zero-order chi connectivity index (χ0) is 27.2. The Kier molecular flexibility index (Phi) is 12.5. The third kappa shape index (κ3) is 9.38. The van der Waals surface area contributed by atoms with Gasteiger partial charge in [-0.2, -0.15) is 5.26 Å². The van der Waals surface area contributed by atoms with Crippen LogP contribution in [0.25, 0.3) is 11.4 Å². The minimum Gasteiger partial charge on any atom is -0.492 e. The molecule has 1 aromatic heterocycles. The van der Waals surface area contributed by atoms with Crippen molar-refractivity contribution in [3.8, 4) is 23.2 Å². The molecule has 1 saturated carbocycles. The van der Waals surface area contributed by atoms with Gasteiger partial charge in [0.15, 0.2) is 12.0 Å². The lowest BCUT2D eigenvalue weighted by Crippen LogP contribution is -2.30. The summed E-state index contributed by atoms with van der Waals surface area (Å²) in [4.78, 5) is 21.0. The summed E-state index contributed by atoms with van der Waals surface area (Å²) in [5.74, 6) is 0.721. The Labute approximate surface area is 227 Å². The van der Waals surface area contributed by atoms with Gasteiger partial charge in [-0.15, -0.1) is 0 Å². The highest BCUT2D eigenvalue weighted by molar-refractivity contribution is 5.74. The zero-order valence-electron chi connectivity index (χ0n) is 23.0. The standard InChI is InChI=1S/C31H42FN3O3/c1-3-5-7-8-9-10-24-20-34-30(35-21-24)25-14-17-29(26(18-25)19-33)37-22-23-12-15-27(16-13-23)38-31(36)28(32)11-6-4-2/h14,17-18,20-21,23,27-28H,3-13,15-16,22H2,1-2H3/t23?,27?,28-/m0/s1. The summed E-state index contributed by atoms with van der Waals surface area (Å²) >= 11 is 0. The summed E-state index contributed by atoms with van der Waals surface area (Å²) in [5.41, 5.74) is 2.38. The van der Waals surface area contributed by atoms with E-state index in [1.807, 2.05) is 31.5 Å². The second-order valence-electron chi connectivity index (χ2n) is 10.4. The van der Waals surface area contributed by atoms with Crippen molar-refractivity contribution in [3.63, 3.8) is 0 Å². The molecule has 206 valence electrons. The van der Waals surface area contributed by atoms with Crippen LogP contribution in [0, 0.1) is 17.2 Å². The molecule has 6 nitrogen and oxygen atoms in total. The maximum Gasteiger partial charge on any atom is 0.340 e. The first-order valence-corrected chi connectivity index (χ1v) is 14.4. The Bertz CT molecular complexity index is 1030. The molecule has 0 bridgehead atoms. The number of aryl methyl sites for hydroxylation is 1. The normalized spacial score (nSPS) is 17.9. The Morgan fingerprint density at radius 2 is 1.76 bits per heavy atom. The predicted octanol–water partition coefficient (Wildman–Crippen LogP) is 7.54. The number of ether oxygens (including phenoxy) is 2. The van der Waals surface area contributed by atoms with Gasteiger partial charge < -0.3 is 9.47 Å². The lowest BCUT2D eigenvalue weighted by molar-refractivity contribution is -0.157. The Balaban J connectivity index is 1.46. The molecule has 3 rings (SSSR count). The van der Waals surface area contributed by atoms with Crippen LogP contribution in [0.15, 0.2) is 30.6 Å². The summed E-state index contributed by atoms with van der Waals surface area (Å²) in [5, 5.41) is 9.70. The van der Waals surface area contributed by atoms with E-state index < -0.39 is 12.1 Å². The lowest BCUT2D eigenvalue weighted by atomic mass is 9.88. The molecule has 1 aromatic carbocycles. The van der Waals surface area contributed by atoms with Crippen LogP contribution >= 0.6 is 0 Å². The van der Waals surface area contributed by atoms with Gasteiger partial charge in [-0.05, 0) is 74.6 Å². The summed E-state index contributed by atoms with van der Waals surface area (Å²) in [6.45, 7) is 4.68. The number of hydrogen-bond acceptors (Lipinski definition) is 6. The number of carbonyl (C=O) groups excluding carboxylic acids is 1. The predicted molar refractivity (Wildman–Crippen MR) is 146 cm³/mol. The molecule has 0 amide bonds. The van der Waals surface area contributed by atoms with E-state index in [1.165, 1.54) is 25.7 Å². The number of hydrogen-bond donors (Lipinski definition) is 0. The second kappa shape index (κ2) is 16.1. The number of benzene rings is 1. The van der Waals surface area contributed by atoms with Crippen molar-refractivity contribution < 1.29 is 18.7 Å². The van der Waals surface area contributed by atoms with Crippen molar-refractivity contribution >= 4 is 5.97 Å². The molecule has 1 heterocycles. The van der Waals surface area contributed by atoms with Crippen LogP contribution in [0.5, 0.6) is 5.75 Å². The first kappa shape index (κ1) is 29.5. The fourth-order valence-corrected chi connectivity index (χ4v) is 4.81. The highest BCUT2D eigenvalue weighted by atomic mass is 19.1. The van der Waals surface area contributed by atoms with E-state index >= 15 is 0 Å². The van der Waals surface area contributed by atoms with Crippen molar-refractivity contribution in [3.05, 3.63) is 41.7 Å². The minimum atomic E-state index is -1.52.